The van der Waals surface area contributed by atoms with Crippen molar-refractivity contribution in [3.05, 3.63) is 29.3 Å². The maximum Gasteiger partial charge on any atom is 0.106 e. The molecule has 0 heterocycles. The Hall–Kier alpha value is -1.09. The van der Waals surface area contributed by atoms with Gasteiger partial charge in [-0.2, -0.15) is 0 Å². The number of nitrogens with two attached hydrogens (primary N) is 1. The molecule has 0 aliphatic rings. The van der Waals surface area contributed by atoms with E-state index in [0.717, 1.165) is 18.7 Å². The first-order valence-electron chi connectivity index (χ1n) is 7.25. The van der Waals surface area contributed by atoms with Gasteiger partial charge in [-0.1, -0.05) is 45.0 Å². The molecule has 0 aromatic heterocycles. The van der Waals surface area contributed by atoms with Crippen molar-refractivity contribution in [3.8, 4) is 0 Å². The van der Waals surface area contributed by atoms with E-state index in [-0.39, 0.29) is 0 Å². The highest BCUT2D eigenvalue weighted by Gasteiger charge is 2.12. The minimum atomic E-state index is 0.494. The Morgan fingerprint density at radius 3 is 2.21 bits per heavy atom. The molecule has 0 unspecified atom stereocenters. The van der Waals surface area contributed by atoms with E-state index in [1.807, 2.05) is 0 Å². The average Bonchev–Trinajstić information content (AvgIpc) is 2.38. The summed E-state index contributed by atoms with van der Waals surface area (Å²) >= 11 is 5.19. The quantitative estimate of drug-likeness (QED) is 0.728. The second-order valence-corrected chi connectivity index (χ2v) is 5.52. The Morgan fingerprint density at radius 2 is 1.74 bits per heavy atom. The second kappa shape index (κ2) is 8.16. The van der Waals surface area contributed by atoms with Gasteiger partial charge in [-0.25, -0.2) is 0 Å². The lowest BCUT2D eigenvalue weighted by atomic mass is 10.1. The topological polar surface area (TPSA) is 29.3 Å². The molecule has 0 saturated carbocycles. The predicted molar refractivity (Wildman–Crippen MR) is 89.1 cm³/mol. The van der Waals surface area contributed by atoms with Gasteiger partial charge in [0.1, 0.15) is 4.99 Å². The number of hydrogen-bond donors (Lipinski definition) is 1. The number of anilines is 1. The van der Waals surface area contributed by atoms with Gasteiger partial charge in [0.05, 0.1) is 0 Å². The van der Waals surface area contributed by atoms with Gasteiger partial charge in [-0.05, 0) is 37.5 Å². The molecule has 3 heteroatoms. The summed E-state index contributed by atoms with van der Waals surface area (Å²) in [5.74, 6) is 0. The Labute approximate surface area is 123 Å². The molecule has 19 heavy (non-hydrogen) atoms. The van der Waals surface area contributed by atoms with Crippen molar-refractivity contribution in [1.29, 1.82) is 0 Å². The van der Waals surface area contributed by atoms with Crippen LogP contribution < -0.4 is 10.6 Å². The molecule has 0 radical (unpaired) electrons. The average molecular weight is 278 g/mol. The second-order valence-electron chi connectivity index (χ2n) is 5.08. The first kappa shape index (κ1) is 16.0. The Kier molecular flexibility index (Phi) is 6.85. The number of unbranched alkanes of at least 4 members (excludes halogenated alkanes) is 2. The van der Waals surface area contributed by atoms with Crippen LogP contribution in [0.25, 0.3) is 0 Å². The molecule has 2 nitrogen and oxygen atoms in total. The summed E-state index contributed by atoms with van der Waals surface area (Å²) in [6.45, 7) is 8.72. The van der Waals surface area contributed by atoms with E-state index in [0.29, 0.717) is 4.99 Å². The SMILES string of the molecule is CCCCN(CCCC)c1cc(C)ccc1C(N)=S. The lowest BCUT2D eigenvalue weighted by Crippen LogP contribution is -2.28. The summed E-state index contributed by atoms with van der Waals surface area (Å²) in [6.07, 6.45) is 4.82. The first-order chi connectivity index (χ1) is 9.10. The van der Waals surface area contributed by atoms with Crippen molar-refractivity contribution in [2.24, 2.45) is 5.73 Å². The summed E-state index contributed by atoms with van der Waals surface area (Å²) in [5, 5.41) is 0. The molecule has 0 fully saturated rings. The number of benzene rings is 1. The number of aryl methyl sites for hydroxylation is 1. The monoisotopic (exact) mass is 278 g/mol. The smallest absolute Gasteiger partial charge is 0.106 e. The number of rotatable bonds is 8. The molecular formula is C16H26N2S. The highest BCUT2D eigenvalue weighted by Crippen LogP contribution is 2.23. The summed E-state index contributed by atoms with van der Waals surface area (Å²) < 4.78 is 0. The minimum Gasteiger partial charge on any atom is -0.389 e. The van der Waals surface area contributed by atoms with Crippen LogP contribution in [0.2, 0.25) is 0 Å². The largest absolute Gasteiger partial charge is 0.389 e. The van der Waals surface area contributed by atoms with Crippen LogP contribution in [-0.4, -0.2) is 18.1 Å². The molecule has 0 amide bonds. The lowest BCUT2D eigenvalue weighted by Gasteiger charge is -2.27. The maximum absolute atomic E-state index is 5.86. The Morgan fingerprint density at radius 1 is 1.16 bits per heavy atom. The highest BCUT2D eigenvalue weighted by atomic mass is 32.1. The van der Waals surface area contributed by atoms with Crippen LogP contribution in [-0.2, 0) is 0 Å². The number of thiocarbonyl (C=S) groups is 1. The van der Waals surface area contributed by atoms with Crippen LogP contribution in [0.15, 0.2) is 18.2 Å². The molecule has 1 aromatic carbocycles. The molecule has 1 aromatic rings. The maximum atomic E-state index is 5.86. The molecular weight excluding hydrogens is 252 g/mol. The molecule has 0 spiro atoms. The van der Waals surface area contributed by atoms with Gasteiger partial charge in [0.25, 0.3) is 0 Å². The molecule has 1 rings (SSSR count). The Balaban J connectivity index is 3.03. The fraction of sp³-hybridized carbons (Fsp3) is 0.562. The Bertz CT molecular complexity index is 407. The summed E-state index contributed by atoms with van der Waals surface area (Å²) in [6, 6.07) is 6.34. The van der Waals surface area contributed by atoms with E-state index < -0.39 is 0 Å². The van der Waals surface area contributed by atoms with E-state index in [4.69, 9.17) is 18.0 Å². The summed E-state index contributed by atoms with van der Waals surface area (Å²) in [7, 11) is 0. The van der Waals surface area contributed by atoms with Gasteiger partial charge in [0.2, 0.25) is 0 Å². The fourth-order valence-corrected chi connectivity index (χ4v) is 2.33. The zero-order chi connectivity index (χ0) is 14.3. The van der Waals surface area contributed by atoms with Crippen molar-refractivity contribution in [2.45, 2.75) is 46.5 Å². The summed E-state index contributed by atoms with van der Waals surface area (Å²) in [4.78, 5) is 2.93. The van der Waals surface area contributed by atoms with Gasteiger partial charge in [-0.3, -0.25) is 0 Å². The number of hydrogen-bond acceptors (Lipinski definition) is 2. The predicted octanol–water partition coefficient (Wildman–Crippen LogP) is 4.04. The van der Waals surface area contributed by atoms with Crippen LogP contribution in [0.4, 0.5) is 5.69 Å². The van der Waals surface area contributed by atoms with Crippen LogP contribution in [0.5, 0.6) is 0 Å². The van der Waals surface area contributed by atoms with Crippen molar-refractivity contribution >= 4 is 22.9 Å². The van der Waals surface area contributed by atoms with Crippen LogP contribution in [0.3, 0.4) is 0 Å². The third kappa shape index (κ3) is 4.83. The highest BCUT2D eigenvalue weighted by molar-refractivity contribution is 7.80. The first-order valence-corrected chi connectivity index (χ1v) is 7.66. The summed E-state index contributed by atoms with van der Waals surface area (Å²) in [5.41, 5.74) is 9.33. The van der Waals surface area contributed by atoms with Crippen LogP contribution >= 0.6 is 12.2 Å². The van der Waals surface area contributed by atoms with Crippen molar-refractivity contribution in [2.75, 3.05) is 18.0 Å². The van der Waals surface area contributed by atoms with E-state index >= 15 is 0 Å². The molecule has 0 bridgehead atoms. The zero-order valence-electron chi connectivity index (χ0n) is 12.4. The molecule has 106 valence electrons. The lowest BCUT2D eigenvalue weighted by molar-refractivity contribution is 0.677. The third-order valence-corrected chi connectivity index (χ3v) is 3.54. The van der Waals surface area contributed by atoms with Gasteiger partial charge in [-0.15, -0.1) is 0 Å². The van der Waals surface area contributed by atoms with Crippen molar-refractivity contribution in [1.82, 2.24) is 0 Å². The minimum absolute atomic E-state index is 0.494. The molecule has 0 atom stereocenters. The number of nitrogens with zero attached hydrogens (tertiary/aromatic N) is 1. The van der Waals surface area contributed by atoms with Crippen LogP contribution in [0.1, 0.15) is 50.7 Å². The fourth-order valence-electron chi connectivity index (χ4n) is 2.16. The van der Waals surface area contributed by atoms with Crippen molar-refractivity contribution < 1.29 is 0 Å². The normalized spacial score (nSPS) is 10.5. The van der Waals surface area contributed by atoms with Gasteiger partial charge >= 0.3 is 0 Å². The molecule has 0 saturated heterocycles. The van der Waals surface area contributed by atoms with Gasteiger partial charge in [0.15, 0.2) is 0 Å². The van der Waals surface area contributed by atoms with E-state index in [2.05, 4.69) is 43.9 Å². The van der Waals surface area contributed by atoms with Gasteiger partial charge in [0, 0.05) is 24.3 Å². The van der Waals surface area contributed by atoms with E-state index in [1.165, 1.54) is 36.9 Å². The van der Waals surface area contributed by atoms with E-state index in [9.17, 15) is 0 Å². The van der Waals surface area contributed by atoms with E-state index in [1.54, 1.807) is 0 Å². The van der Waals surface area contributed by atoms with Crippen molar-refractivity contribution in [3.63, 3.8) is 0 Å². The molecule has 0 aliphatic carbocycles. The standard InChI is InChI=1S/C16H26N2S/c1-4-6-10-18(11-7-5-2)15-12-13(3)8-9-14(15)16(17)19/h8-9,12H,4-7,10-11H2,1-3H3,(H2,17,19). The van der Waals surface area contributed by atoms with Crippen LogP contribution in [0, 0.1) is 6.92 Å². The zero-order valence-corrected chi connectivity index (χ0v) is 13.2. The third-order valence-electron chi connectivity index (χ3n) is 3.32. The van der Waals surface area contributed by atoms with Gasteiger partial charge < -0.3 is 10.6 Å². The molecule has 0 aliphatic heterocycles. The molecule has 2 N–H and O–H groups in total.